The van der Waals surface area contributed by atoms with Gasteiger partial charge < -0.3 is 0 Å². The Hall–Kier alpha value is -0.360. The Morgan fingerprint density at radius 3 is 2.58 bits per heavy atom. The molecule has 3 nitrogen and oxygen atoms in total. The summed E-state index contributed by atoms with van der Waals surface area (Å²) in [6, 6.07) is 0. The minimum Gasteiger partial charge on any atom is -0.298 e. The Bertz CT molecular complexity index is 305. The largest absolute Gasteiger partial charge is 0.299 e. The first kappa shape index (κ1) is 9.73. The molecule has 1 aliphatic heterocycles. The van der Waals surface area contributed by atoms with Crippen molar-refractivity contribution in [2.24, 2.45) is 0 Å². The second-order valence-electron chi connectivity index (χ2n) is 2.61. The van der Waals surface area contributed by atoms with Crippen LogP contribution >= 0.6 is 18.0 Å². The molecular formula is C7H11N2OPS. The van der Waals surface area contributed by atoms with Gasteiger partial charge in [-0.3, -0.25) is 9.24 Å². The first-order chi connectivity index (χ1) is 5.52. The molecule has 0 aliphatic carbocycles. The van der Waals surface area contributed by atoms with Crippen LogP contribution in [-0.2, 0) is 4.57 Å². The van der Waals surface area contributed by atoms with Gasteiger partial charge in [-0.05, 0) is 25.5 Å². The molecule has 0 amide bonds. The lowest BCUT2D eigenvalue weighted by Crippen LogP contribution is -2.17. The number of hydrogen-bond acceptors (Lipinski definition) is 2. The van der Waals surface area contributed by atoms with Gasteiger partial charge in [-0.2, -0.15) is 0 Å². The van der Waals surface area contributed by atoms with E-state index >= 15 is 0 Å². The van der Waals surface area contributed by atoms with Crippen molar-refractivity contribution in [1.29, 1.82) is 0 Å². The van der Waals surface area contributed by atoms with E-state index in [1.807, 2.05) is 0 Å². The van der Waals surface area contributed by atoms with Gasteiger partial charge in [-0.15, -0.1) is 6.42 Å². The molecule has 0 spiro atoms. The fourth-order valence-corrected chi connectivity index (χ4v) is 4.65. The zero-order chi connectivity index (χ0) is 9.35. The van der Waals surface area contributed by atoms with Crippen LogP contribution in [0.5, 0.6) is 0 Å². The van der Waals surface area contributed by atoms with Crippen molar-refractivity contribution in [3.63, 3.8) is 0 Å². The van der Waals surface area contributed by atoms with Gasteiger partial charge in [0.1, 0.15) is 5.70 Å². The average molecular weight is 202 g/mol. The Morgan fingerprint density at radius 1 is 1.75 bits per heavy atom. The molecule has 5 heteroatoms. The van der Waals surface area contributed by atoms with E-state index in [0.717, 1.165) is 0 Å². The summed E-state index contributed by atoms with van der Waals surface area (Å²) in [5.41, 5.74) is 0.692. The lowest BCUT2D eigenvalue weighted by molar-refractivity contribution is 0.478. The van der Waals surface area contributed by atoms with Crippen molar-refractivity contribution >= 4 is 18.0 Å². The summed E-state index contributed by atoms with van der Waals surface area (Å²) in [5.74, 6) is 2.49. The van der Waals surface area contributed by atoms with Crippen LogP contribution < -0.4 is 0 Å². The van der Waals surface area contributed by atoms with Crippen molar-refractivity contribution in [1.82, 2.24) is 9.34 Å². The van der Waals surface area contributed by atoms with Crippen molar-refractivity contribution in [3.8, 4) is 12.3 Å². The Morgan fingerprint density at radius 2 is 2.33 bits per heavy atom. The van der Waals surface area contributed by atoms with E-state index in [9.17, 15) is 4.57 Å². The summed E-state index contributed by atoms with van der Waals surface area (Å²) < 4.78 is 15.5. The van der Waals surface area contributed by atoms with Crippen LogP contribution in [0.4, 0.5) is 0 Å². The fraction of sp³-hybridized carbons (Fsp3) is 0.429. The smallest absolute Gasteiger partial charge is 0.298 e. The van der Waals surface area contributed by atoms with Crippen LogP contribution in [0.1, 0.15) is 0 Å². The van der Waals surface area contributed by atoms with E-state index in [2.05, 4.69) is 5.92 Å². The molecule has 0 bridgehead atoms. The SMILES string of the molecule is C#CC1=CSP(=O)(N(C)C)N1C. The monoisotopic (exact) mass is 202 g/mol. The second kappa shape index (κ2) is 3.18. The topological polar surface area (TPSA) is 23.6 Å². The molecule has 0 radical (unpaired) electrons. The maximum absolute atomic E-state index is 12.1. The molecule has 0 saturated heterocycles. The van der Waals surface area contributed by atoms with Crippen molar-refractivity contribution in [3.05, 3.63) is 11.1 Å². The molecular weight excluding hydrogens is 191 g/mol. The highest BCUT2D eigenvalue weighted by Crippen LogP contribution is 2.68. The van der Waals surface area contributed by atoms with Crippen molar-refractivity contribution in [2.45, 2.75) is 0 Å². The van der Waals surface area contributed by atoms with Crippen LogP contribution in [0.2, 0.25) is 0 Å². The number of rotatable bonds is 1. The number of nitrogens with zero attached hydrogens (tertiary/aromatic N) is 2. The van der Waals surface area contributed by atoms with Crippen LogP contribution in [-0.4, -0.2) is 30.5 Å². The maximum atomic E-state index is 12.1. The molecule has 0 aromatic rings. The van der Waals surface area contributed by atoms with Gasteiger partial charge in [0.15, 0.2) is 0 Å². The van der Waals surface area contributed by atoms with Crippen molar-refractivity contribution < 1.29 is 4.57 Å². The predicted octanol–water partition coefficient (Wildman–Crippen LogP) is 1.81. The quantitative estimate of drug-likeness (QED) is 0.478. The first-order valence-electron chi connectivity index (χ1n) is 3.39. The Labute approximate surface area is 77.0 Å². The molecule has 0 aromatic carbocycles. The molecule has 1 aliphatic rings. The Kier molecular flexibility index (Phi) is 2.58. The van der Waals surface area contributed by atoms with E-state index in [0.29, 0.717) is 5.70 Å². The molecule has 0 fully saturated rings. The van der Waals surface area contributed by atoms with Gasteiger partial charge in [0, 0.05) is 12.5 Å². The average Bonchev–Trinajstić information content (AvgIpc) is 2.31. The van der Waals surface area contributed by atoms with Crippen LogP contribution in [0.25, 0.3) is 0 Å². The predicted molar refractivity (Wildman–Crippen MR) is 53.6 cm³/mol. The number of allylic oxidation sites excluding steroid dienone is 1. The van der Waals surface area contributed by atoms with E-state index in [1.54, 1.807) is 35.9 Å². The van der Waals surface area contributed by atoms with Gasteiger partial charge >= 0.3 is 0 Å². The molecule has 12 heavy (non-hydrogen) atoms. The maximum Gasteiger partial charge on any atom is 0.299 e. The summed E-state index contributed by atoms with van der Waals surface area (Å²) in [7, 11) is 5.33. The standard InChI is InChI=1S/C7H11N2OPS/c1-5-7-6-12-11(10,8(2)3)9(7)4/h1,6H,2-4H3. The molecule has 1 atom stereocenters. The van der Waals surface area contributed by atoms with Crippen molar-refractivity contribution in [2.75, 3.05) is 21.1 Å². The van der Waals surface area contributed by atoms with Gasteiger partial charge in [0.2, 0.25) is 0 Å². The highest BCUT2D eigenvalue weighted by molar-refractivity contribution is 8.58. The molecule has 0 aromatic heterocycles. The number of hydrogen-bond donors (Lipinski definition) is 0. The van der Waals surface area contributed by atoms with Gasteiger partial charge in [0.25, 0.3) is 6.65 Å². The third-order valence-corrected chi connectivity index (χ3v) is 7.13. The molecule has 1 heterocycles. The molecule has 66 valence electrons. The highest BCUT2D eigenvalue weighted by atomic mass is 32.7. The Balaban J connectivity index is 2.94. The summed E-state index contributed by atoms with van der Waals surface area (Å²) in [4.78, 5) is 0. The minimum atomic E-state index is -2.46. The zero-order valence-electron chi connectivity index (χ0n) is 7.31. The molecule has 1 unspecified atom stereocenters. The van der Waals surface area contributed by atoms with E-state index in [1.165, 1.54) is 11.4 Å². The van der Waals surface area contributed by atoms with Crippen LogP contribution in [0.15, 0.2) is 11.1 Å². The zero-order valence-corrected chi connectivity index (χ0v) is 9.02. The summed E-state index contributed by atoms with van der Waals surface area (Å²) in [6.45, 7) is -2.46. The lowest BCUT2D eigenvalue weighted by atomic mass is 10.5. The number of terminal acetylenes is 1. The minimum absolute atomic E-state index is 0.692. The van der Waals surface area contributed by atoms with Crippen LogP contribution in [0, 0.1) is 12.3 Å². The van der Waals surface area contributed by atoms with E-state index in [4.69, 9.17) is 6.42 Å². The first-order valence-corrected chi connectivity index (χ1v) is 6.49. The molecule has 0 saturated carbocycles. The second-order valence-corrected chi connectivity index (χ2v) is 7.50. The van der Waals surface area contributed by atoms with Gasteiger partial charge in [-0.1, -0.05) is 5.92 Å². The van der Waals surface area contributed by atoms with Crippen LogP contribution in [0.3, 0.4) is 0 Å². The summed E-state index contributed by atoms with van der Waals surface area (Å²) in [5, 5.41) is 1.76. The van der Waals surface area contributed by atoms with Gasteiger partial charge in [-0.25, -0.2) is 4.67 Å². The lowest BCUT2D eigenvalue weighted by Gasteiger charge is -2.27. The third kappa shape index (κ3) is 1.29. The summed E-state index contributed by atoms with van der Waals surface area (Å²) >= 11 is 1.30. The van der Waals surface area contributed by atoms with E-state index in [-0.39, 0.29) is 0 Å². The normalized spacial score (nSPS) is 28.9. The third-order valence-electron chi connectivity index (χ3n) is 1.68. The fourth-order valence-electron chi connectivity index (χ4n) is 0.892. The van der Waals surface area contributed by atoms with Gasteiger partial charge in [0.05, 0.1) is 0 Å². The van der Waals surface area contributed by atoms with E-state index < -0.39 is 6.65 Å². The molecule has 0 N–H and O–H groups in total. The highest BCUT2D eigenvalue weighted by Gasteiger charge is 2.36. The summed E-state index contributed by atoms with van der Waals surface area (Å²) in [6.07, 6.45) is 5.23. The molecule has 1 rings (SSSR count).